The van der Waals surface area contributed by atoms with E-state index in [0.29, 0.717) is 0 Å². The van der Waals surface area contributed by atoms with Crippen LogP contribution in [-0.4, -0.2) is 24.3 Å². The number of benzene rings is 6. The molecule has 8 aromatic rings. The van der Waals surface area contributed by atoms with Crippen molar-refractivity contribution in [3.05, 3.63) is 169 Å². The predicted octanol–water partition coefficient (Wildman–Crippen LogP) is 10.5. The van der Waals surface area contributed by atoms with Gasteiger partial charge in [0.1, 0.15) is 20.6 Å². The zero-order chi connectivity index (χ0) is 34.7. The molecule has 0 N–H and O–H groups in total. The summed E-state index contributed by atoms with van der Waals surface area (Å²) in [6, 6.07) is 55.5. The molecule has 9 rings (SSSR count). The van der Waals surface area contributed by atoms with E-state index in [9.17, 15) is 0 Å². The van der Waals surface area contributed by atoms with Gasteiger partial charge in [-0.05, 0) is 96.8 Å². The summed E-state index contributed by atoms with van der Waals surface area (Å²) in [5.74, 6) is 0.940. The van der Waals surface area contributed by atoms with E-state index >= 15 is 0 Å². The molecule has 0 amide bonds. The van der Waals surface area contributed by atoms with E-state index in [1.165, 1.54) is 77.2 Å². The number of rotatable bonds is 6. The van der Waals surface area contributed by atoms with Crippen molar-refractivity contribution in [3.63, 3.8) is 0 Å². The Balaban J connectivity index is 1.14. The quantitative estimate of drug-likeness (QED) is 0.164. The topological polar surface area (TPSA) is 24.3 Å². The lowest BCUT2D eigenvalue weighted by atomic mass is 9.96. The second-order valence-corrected chi connectivity index (χ2v) is 18.7. The van der Waals surface area contributed by atoms with Crippen LogP contribution >= 0.6 is 0 Å². The number of para-hydroxylation sites is 4. The van der Waals surface area contributed by atoms with Gasteiger partial charge in [-0.1, -0.05) is 114 Å². The van der Waals surface area contributed by atoms with Crippen molar-refractivity contribution in [3.8, 4) is 16.9 Å². The number of hydrogen-bond acceptors (Lipinski definition) is 3. The first kappa shape index (κ1) is 31.1. The highest BCUT2D eigenvalue weighted by Gasteiger charge is 2.31. The van der Waals surface area contributed by atoms with Gasteiger partial charge >= 0.3 is 0 Å². The van der Waals surface area contributed by atoms with Gasteiger partial charge in [0.2, 0.25) is 0 Å². The van der Waals surface area contributed by atoms with Crippen LogP contribution in [0, 0.1) is 13.8 Å². The standard InChI is InChI=1S/C46H40N4Si/c1-32-14-12-15-33(2)46(32)34-26-27-47-45(28-34)50-41-21-9-8-20-39(41)40-25-24-38(30-44(40)50)51(3,4)37-19-13-18-36(29-37)49-31-48(35-16-6-5-7-17-35)42-22-10-11-23-43(42)49/h5-30H,31H2,1-4H3. The highest BCUT2D eigenvalue weighted by molar-refractivity contribution is 7.00. The predicted molar refractivity (Wildman–Crippen MR) is 219 cm³/mol. The van der Waals surface area contributed by atoms with Gasteiger partial charge in [-0.3, -0.25) is 4.57 Å². The molecule has 0 saturated carbocycles. The summed E-state index contributed by atoms with van der Waals surface area (Å²) in [5, 5.41) is 5.31. The van der Waals surface area contributed by atoms with Gasteiger partial charge < -0.3 is 9.80 Å². The smallest absolute Gasteiger partial charge is 0.138 e. The van der Waals surface area contributed by atoms with E-state index in [1.807, 2.05) is 6.20 Å². The average Bonchev–Trinajstić information content (AvgIpc) is 3.72. The third-order valence-corrected chi connectivity index (χ3v) is 14.3. The number of aromatic nitrogens is 2. The third kappa shape index (κ3) is 5.15. The summed E-state index contributed by atoms with van der Waals surface area (Å²) in [6.07, 6.45) is 1.96. The van der Waals surface area contributed by atoms with Crippen LogP contribution in [0.5, 0.6) is 0 Å². The minimum absolute atomic E-state index is 0.773. The first-order chi connectivity index (χ1) is 24.9. The zero-order valence-corrected chi connectivity index (χ0v) is 30.5. The number of aryl methyl sites for hydroxylation is 2. The van der Waals surface area contributed by atoms with Crippen LogP contribution < -0.4 is 20.2 Å². The largest absolute Gasteiger partial charge is 0.321 e. The maximum absolute atomic E-state index is 4.98. The maximum atomic E-state index is 4.98. The Morgan fingerprint density at radius 2 is 1.16 bits per heavy atom. The third-order valence-electron chi connectivity index (χ3n) is 10.8. The molecular weight excluding hydrogens is 637 g/mol. The highest BCUT2D eigenvalue weighted by atomic mass is 28.3. The van der Waals surface area contributed by atoms with Crippen LogP contribution in [0.25, 0.3) is 38.8 Å². The fourth-order valence-electron chi connectivity index (χ4n) is 8.07. The monoisotopic (exact) mass is 676 g/mol. The van der Waals surface area contributed by atoms with Crippen LogP contribution in [-0.2, 0) is 0 Å². The van der Waals surface area contributed by atoms with Crippen LogP contribution in [0.2, 0.25) is 13.1 Å². The Hall–Kier alpha value is -5.91. The van der Waals surface area contributed by atoms with Crippen LogP contribution in [0.15, 0.2) is 158 Å². The minimum atomic E-state index is -2.15. The Kier molecular flexibility index (Phi) is 7.41. The molecule has 0 spiro atoms. The lowest BCUT2D eigenvalue weighted by Gasteiger charge is -2.27. The minimum Gasteiger partial charge on any atom is -0.321 e. The van der Waals surface area contributed by atoms with E-state index < -0.39 is 8.07 Å². The zero-order valence-electron chi connectivity index (χ0n) is 29.5. The van der Waals surface area contributed by atoms with Crippen LogP contribution in [0.4, 0.5) is 22.7 Å². The van der Waals surface area contributed by atoms with E-state index in [1.54, 1.807) is 0 Å². The van der Waals surface area contributed by atoms with Crippen molar-refractivity contribution in [2.75, 3.05) is 16.5 Å². The fraction of sp³-hybridized carbons (Fsp3) is 0.109. The summed E-state index contributed by atoms with van der Waals surface area (Å²) in [7, 11) is -2.15. The molecule has 0 radical (unpaired) electrons. The average molecular weight is 677 g/mol. The fourth-order valence-corrected chi connectivity index (χ4v) is 10.4. The van der Waals surface area contributed by atoms with Gasteiger partial charge in [0.05, 0.1) is 22.4 Å². The van der Waals surface area contributed by atoms with Gasteiger partial charge in [-0.15, -0.1) is 0 Å². The number of pyridine rings is 1. The lowest BCUT2D eigenvalue weighted by molar-refractivity contribution is 0.991. The van der Waals surface area contributed by atoms with Gasteiger partial charge in [0.25, 0.3) is 0 Å². The number of anilines is 4. The summed E-state index contributed by atoms with van der Waals surface area (Å²) < 4.78 is 2.37. The molecule has 5 heteroatoms. The Morgan fingerprint density at radius 3 is 1.94 bits per heavy atom. The number of fused-ring (bicyclic) bond motifs is 4. The van der Waals surface area contributed by atoms with Gasteiger partial charge in [0, 0.05) is 28.3 Å². The molecule has 6 aromatic carbocycles. The SMILES string of the molecule is Cc1cccc(C)c1-c1ccnc(-n2c3ccccc3c3ccc([Si](C)(C)c4cccc(N5CN(c6ccccc6)c6ccccc65)c4)cc32)c1. The normalized spacial score (nSPS) is 12.9. The first-order valence-corrected chi connectivity index (χ1v) is 20.7. The van der Waals surface area contributed by atoms with Gasteiger partial charge in [-0.25, -0.2) is 4.98 Å². The second-order valence-electron chi connectivity index (χ2n) is 14.3. The highest BCUT2D eigenvalue weighted by Crippen LogP contribution is 2.44. The van der Waals surface area contributed by atoms with Crippen molar-refractivity contribution in [1.29, 1.82) is 0 Å². The summed E-state index contributed by atoms with van der Waals surface area (Å²) in [6.45, 7) is 10.1. The van der Waals surface area contributed by atoms with Crippen molar-refractivity contribution in [2.45, 2.75) is 26.9 Å². The molecule has 248 valence electrons. The van der Waals surface area contributed by atoms with E-state index in [0.717, 1.165) is 12.5 Å². The summed E-state index contributed by atoms with van der Waals surface area (Å²) >= 11 is 0. The van der Waals surface area contributed by atoms with Crippen molar-refractivity contribution < 1.29 is 0 Å². The van der Waals surface area contributed by atoms with E-state index in [4.69, 9.17) is 4.98 Å². The lowest BCUT2D eigenvalue weighted by Crippen LogP contribution is -2.53. The van der Waals surface area contributed by atoms with Crippen LogP contribution in [0.1, 0.15) is 11.1 Å². The van der Waals surface area contributed by atoms with Crippen LogP contribution in [0.3, 0.4) is 0 Å². The van der Waals surface area contributed by atoms with E-state index in [2.05, 4.69) is 193 Å². The molecule has 0 fully saturated rings. The van der Waals surface area contributed by atoms with E-state index in [-0.39, 0.29) is 0 Å². The summed E-state index contributed by atoms with van der Waals surface area (Å²) in [5.41, 5.74) is 12.3. The molecule has 0 saturated heterocycles. The molecular formula is C46H40N4Si. The van der Waals surface area contributed by atoms with Gasteiger partial charge in [0.15, 0.2) is 0 Å². The number of hydrogen-bond donors (Lipinski definition) is 0. The molecule has 0 aliphatic carbocycles. The summed E-state index contributed by atoms with van der Waals surface area (Å²) in [4.78, 5) is 9.84. The Bertz CT molecular complexity index is 2570. The number of nitrogens with zero attached hydrogens (tertiary/aromatic N) is 4. The molecule has 1 aliphatic rings. The molecule has 2 aromatic heterocycles. The maximum Gasteiger partial charge on any atom is 0.138 e. The van der Waals surface area contributed by atoms with Crippen molar-refractivity contribution in [1.82, 2.24) is 9.55 Å². The molecule has 0 unspecified atom stereocenters. The second kappa shape index (κ2) is 12.1. The molecule has 1 aliphatic heterocycles. The molecule has 0 atom stereocenters. The Labute approximate surface area is 300 Å². The van der Waals surface area contributed by atoms with Crippen molar-refractivity contribution >= 4 is 63.0 Å². The molecule has 0 bridgehead atoms. The first-order valence-electron chi connectivity index (χ1n) is 17.7. The molecule has 51 heavy (non-hydrogen) atoms. The van der Waals surface area contributed by atoms with Crippen molar-refractivity contribution in [2.24, 2.45) is 0 Å². The molecule has 4 nitrogen and oxygen atoms in total. The Morgan fingerprint density at radius 1 is 0.529 bits per heavy atom. The molecule has 3 heterocycles. The van der Waals surface area contributed by atoms with Gasteiger partial charge in [-0.2, -0.15) is 0 Å².